The van der Waals surface area contributed by atoms with Gasteiger partial charge in [0.2, 0.25) is 0 Å². The molecule has 19 heavy (non-hydrogen) atoms. The number of thiocarbonyl (C=S) groups is 1. The van der Waals surface area contributed by atoms with Gasteiger partial charge in [0, 0.05) is 21.9 Å². The molecule has 5 heteroatoms. The largest absolute Gasteiger partial charge is 0.389 e. The number of halogens is 1. The average molecular weight is 311 g/mol. The van der Waals surface area contributed by atoms with Crippen molar-refractivity contribution in [1.29, 1.82) is 0 Å². The molecular weight excluding hydrogens is 296 g/mol. The molecule has 0 saturated carbocycles. The van der Waals surface area contributed by atoms with Crippen LogP contribution in [0.1, 0.15) is 20.9 Å². The van der Waals surface area contributed by atoms with Crippen molar-refractivity contribution >= 4 is 45.8 Å². The van der Waals surface area contributed by atoms with Gasteiger partial charge in [0.1, 0.15) is 4.99 Å². The molecule has 0 unspecified atom stereocenters. The van der Waals surface area contributed by atoms with Crippen molar-refractivity contribution in [3.05, 3.63) is 50.2 Å². The summed E-state index contributed by atoms with van der Waals surface area (Å²) in [6, 6.07) is 7.77. The van der Waals surface area contributed by atoms with Gasteiger partial charge in [-0.2, -0.15) is 0 Å². The van der Waals surface area contributed by atoms with E-state index in [1.54, 1.807) is 17.4 Å². The highest BCUT2D eigenvalue weighted by molar-refractivity contribution is 7.80. The molecule has 1 aromatic carbocycles. The highest BCUT2D eigenvalue weighted by Gasteiger charge is 2.05. The molecule has 3 N–H and O–H groups in total. The monoisotopic (exact) mass is 310 g/mol. The van der Waals surface area contributed by atoms with Crippen molar-refractivity contribution in [2.45, 2.75) is 20.4 Å². The van der Waals surface area contributed by atoms with E-state index in [4.69, 9.17) is 29.6 Å². The Kier molecular flexibility index (Phi) is 4.45. The first-order chi connectivity index (χ1) is 8.97. The van der Waals surface area contributed by atoms with Crippen LogP contribution < -0.4 is 11.1 Å². The number of nitrogens with one attached hydrogen (secondary N) is 1. The summed E-state index contributed by atoms with van der Waals surface area (Å²) in [5.74, 6) is 0. The number of hydrogen-bond donors (Lipinski definition) is 2. The van der Waals surface area contributed by atoms with Crippen LogP contribution in [0.4, 0.5) is 5.69 Å². The second-order valence-corrected chi connectivity index (χ2v) is 6.55. The van der Waals surface area contributed by atoms with Gasteiger partial charge in [0.15, 0.2) is 0 Å². The van der Waals surface area contributed by atoms with Crippen LogP contribution in [-0.4, -0.2) is 4.99 Å². The van der Waals surface area contributed by atoms with Gasteiger partial charge in [-0.3, -0.25) is 0 Å². The fourth-order valence-electron chi connectivity index (χ4n) is 1.73. The average Bonchev–Trinajstić information content (AvgIpc) is 2.67. The number of anilines is 1. The Morgan fingerprint density at radius 3 is 2.63 bits per heavy atom. The molecule has 0 bridgehead atoms. The van der Waals surface area contributed by atoms with E-state index in [0.717, 1.165) is 17.8 Å². The summed E-state index contributed by atoms with van der Waals surface area (Å²) in [5.41, 5.74) is 8.58. The second-order valence-electron chi connectivity index (χ2n) is 4.36. The molecule has 1 aromatic heterocycles. The minimum absolute atomic E-state index is 0.359. The molecule has 0 atom stereocenters. The van der Waals surface area contributed by atoms with Crippen molar-refractivity contribution in [1.82, 2.24) is 0 Å². The van der Waals surface area contributed by atoms with Crippen molar-refractivity contribution < 1.29 is 0 Å². The van der Waals surface area contributed by atoms with Gasteiger partial charge in [-0.05, 0) is 43.7 Å². The summed E-state index contributed by atoms with van der Waals surface area (Å²) in [5, 5.41) is 3.96. The third-order valence-electron chi connectivity index (χ3n) is 2.92. The SMILES string of the molecule is Cc1cc(CNc2ccc(C(N)=S)cc2Cl)sc1C. The maximum absolute atomic E-state index is 6.20. The second kappa shape index (κ2) is 5.90. The van der Waals surface area contributed by atoms with Crippen LogP contribution in [0, 0.1) is 13.8 Å². The van der Waals surface area contributed by atoms with Gasteiger partial charge in [0.25, 0.3) is 0 Å². The molecule has 0 saturated heterocycles. The van der Waals surface area contributed by atoms with E-state index >= 15 is 0 Å². The quantitative estimate of drug-likeness (QED) is 0.828. The van der Waals surface area contributed by atoms with Crippen LogP contribution in [0.3, 0.4) is 0 Å². The summed E-state index contributed by atoms with van der Waals surface area (Å²) in [6.45, 7) is 5.03. The Morgan fingerprint density at radius 2 is 2.11 bits per heavy atom. The van der Waals surface area contributed by atoms with Crippen LogP contribution in [-0.2, 0) is 6.54 Å². The van der Waals surface area contributed by atoms with E-state index < -0.39 is 0 Å². The lowest BCUT2D eigenvalue weighted by Gasteiger charge is -2.08. The predicted octanol–water partition coefficient (Wildman–Crippen LogP) is 4.26. The molecular formula is C14H15ClN2S2. The molecule has 0 aliphatic rings. The summed E-state index contributed by atoms with van der Waals surface area (Å²) in [6.07, 6.45) is 0. The maximum atomic E-state index is 6.20. The van der Waals surface area contributed by atoms with Gasteiger partial charge >= 0.3 is 0 Å². The number of thiophene rings is 1. The normalized spacial score (nSPS) is 10.5. The van der Waals surface area contributed by atoms with Gasteiger partial charge in [-0.15, -0.1) is 11.3 Å². The lowest BCUT2D eigenvalue weighted by molar-refractivity contribution is 1.19. The maximum Gasteiger partial charge on any atom is 0.104 e. The zero-order valence-electron chi connectivity index (χ0n) is 10.8. The van der Waals surface area contributed by atoms with Gasteiger partial charge < -0.3 is 11.1 Å². The smallest absolute Gasteiger partial charge is 0.104 e. The third kappa shape index (κ3) is 3.47. The zero-order chi connectivity index (χ0) is 14.0. The molecule has 2 nitrogen and oxygen atoms in total. The minimum atomic E-state index is 0.359. The highest BCUT2D eigenvalue weighted by Crippen LogP contribution is 2.26. The van der Waals surface area contributed by atoms with Crippen LogP contribution >= 0.6 is 35.2 Å². The summed E-state index contributed by atoms with van der Waals surface area (Å²) in [4.78, 5) is 3.01. The van der Waals surface area contributed by atoms with Crippen molar-refractivity contribution in [3.63, 3.8) is 0 Å². The van der Waals surface area contributed by atoms with Crippen LogP contribution in [0.25, 0.3) is 0 Å². The number of benzene rings is 1. The molecule has 1 heterocycles. The molecule has 0 spiro atoms. The molecule has 2 aromatic rings. The Labute approximate surface area is 127 Å². The van der Waals surface area contributed by atoms with E-state index in [1.807, 2.05) is 12.1 Å². The molecule has 0 aliphatic carbocycles. The summed E-state index contributed by atoms with van der Waals surface area (Å²) in [7, 11) is 0. The predicted molar refractivity (Wildman–Crippen MR) is 88.5 cm³/mol. The Balaban J connectivity index is 2.09. The fourth-order valence-corrected chi connectivity index (χ4v) is 3.10. The van der Waals surface area contributed by atoms with Crippen molar-refractivity contribution in [2.24, 2.45) is 5.73 Å². The number of rotatable bonds is 4. The number of aryl methyl sites for hydroxylation is 2. The molecule has 2 rings (SSSR count). The molecule has 100 valence electrons. The first-order valence-corrected chi connectivity index (χ1v) is 7.47. The summed E-state index contributed by atoms with van der Waals surface area (Å²) < 4.78 is 0. The lowest BCUT2D eigenvalue weighted by Crippen LogP contribution is -2.09. The van der Waals surface area contributed by atoms with Crippen molar-refractivity contribution in [3.8, 4) is 0 Å². The minimum Gasteiger partial charge on any atom is -0.389 e. The summed E-state index contributed by atoms with van der Waals surface area (Å²) >= 11 is 12.9. The standard InChI is InChI=1S/C14H15ClN2S2/c1-8-5-11(19-9(8)2)7-17-13-4-3-10(14(16)18)6-12(13)15/h3-6,17H,7H2,1-2H3,(H2,16,18). The molecule has 0 amide bonds. The Hall–Kier alpha value is -1.10. The van der Waals surface area contributed by atoms with E-state index in [0.29, 0.717) is 10.0 Å². The van der Waals surface area contributed by atoms with Crippen LogP contribution in [0.2, 0.25) is 5.02 Å². The first kappa shape index (κ1) is 14.3. The van der Waals surface area contributed by atoms with Crippen molar-refractivity contribution in [2.75, 3.05) is 5.32 Å². The topological polar surface area (TPSA) is 38.0 Å². The Morgan fingerprint density at radius 1 is 1.37 bits per heavy atom. The number of hydrogen-bond acceptors (Lipinski definition) is 3. The van der Waals surface area contributed by atoms with Gasteiger partial charge in [0.05, 0.1) is 10.7 Å². The number of nitrogens with two attached hydrogens (primary N) is 1. The van der Waals surface area contributed by atoms with E-state index in [1.165, 1.54) is 15.3 Å². The fraction of sp³-hybridized carbons (Fsp3) is 0.214. The molecule has 0 fully saturated rings. The van der Waals surface area contributed by atoms with E-state index in [2.05, 4.69) is 25.2 Å². The van der Waals surface area contributed by atoms with E-state index in [-0.39, 0.29) is 0 Å². The Bertz CT molecular complexity index is 600. The lowest BCUT2D eigenvalue weighted by atomic mass is 10.2. The first-order valence-electron chi connectivity index (χ1n) is 5.86. The van der Waals surface area contributed by atoms with Gasteiger partial charge in [-0.1, -0.05) is 23.8 Å². The van der Waals surface area contributed by atoms with Crippen LogP contribution in [0.5, 0.6) is 0 Å². The van der Waals surface area contributed by atoms with Gasteiger partial charge in [-0.25, -0.2) is 0 Å². The van der Waals surface area contributed by atoms with Crippen LogP contribution in [0.15, 0.2) is 24.3 Å². The van der Waals surface area contributed by atoms with E-state index in [9.17, 15) is 0 Å². The molecule has 0 aliphatic heterocycles. The third-order valence-corrected chi connectivity index (χ3v) is 4.62. The zero-order valence-corrected chi connectivity index (χ0v) is 13.2. The molecule has 0 radical (unpaired) electrons. The highest BCUT2D eigenvalue weighted by atomic mass is 35.5.